The molecule has 1 aliphatic heterocycles. The molecule has 2 unspecified atom stereocenters. The van der Waals surface area contributed by atoms with Crippen LogP contribution in [0.25, 0.3) is 0 Å². The van der Waals surface area contributed by atoms with Gasteiger partial charge in [-0.05, 0) is 43.0 Å². The first kappa shape index (κ1) is 11.6. The van der Waals surface area contributed by atoms with E-state index in [1.54, 1.807) is 19.2 Å². The van der Waals surface area contributed by atoms with Crippen LogP contribution in [0.15, 0.2) is 24.3 Å². The monoisotopic (exact) mass is 223 g/mol. The number of hydrogen-bond acceptors (Lipinski definition) is 2. The first-order valence-electron chi connectivity index (χ1n) is 5.77. The van der Waals surface area contributed by atoms with Crippen molar-refractivity contribution < 1.29 is 9.13 Å². The number of halogens is 1. The molecule has 1 aromatic carbocycles. The quantitative estimate of drug-likeness (QED) is 0.849. The first-order chi connectivity index (χ1) is 7.79. The van der Waals surface area contributed by atoms with E-state index in [4.69, 9.17) is 4.74 Å². The molecule has 16 heavy (non-hydrogen) atoms. The van der Waals surface area contributed by atoms with Crippen LogP contribution in [0.4, 0.5) is 4.39 Å². The minimum Gasteiger partial charge on any atom is -0.383 e. The van der Waals surface area contributed by atoms with E-state index in [2.05, 4.69) is 5.32 Å². The van der Waals surface area contributed by atoms with E-state index in [9.17, 15) is 4.39 Å². The van der Waals surface area contributed by atoms with E-state index in [-0.39, 0.29) is 5.82 Å². The van der Waals surface area contributed by atoms with Crippen LogP contribution in [-0.4, -0.2) is 26.3 Å². The molecule has 1 aliphatic rings. The molecule has 1 saturated heterocycles. The minimum atomic E-state index is -0.140. The molecule has 0 aromatic heterocycles. The van der Waals surface area contributed by atoms with Crippen molar-refractivity contribution in [3.63, 3.8) is 0 Å². The fourth-order valence-corrected chi connectivity index (χ4v) is 2.40. The second-order valence-electron chi connectivity index (χ2n) is 4.38. The summed E-state index contributed by atoms with van der Waals surface area (Å²) in [5.41, 5.74) is 1.11. The van der Waals surface area contributed by atoms with E-state index in [0.717, 1.165) is 31.6 Å². The Labute approximate surface area is 95.8 Å². The average molecular weight is 223 g/mol. The molecule has 0 amide bonds. The topological polar surface area (TPSA) is 21.3 Å². The highest BCUT2D eigenvalue weighted by atomic mass is 19.1. The molecule has 3 heteroatoms. The molecular formula is C13H18FNO. The summed E-state index contributed by atoms with van der Waals surface area (Å²) in [5, 5.41) is 3.42. The maximum absolute atomic E-state index is 13.1. The summed E-state index contributed by atoms with van der Waals surface area (Å²) in [6, 6.07) is 7.35. The van der Waals surface area contributed by atoms with Gasteiger partial charge < -0.3 is 10.1 Å². The van der Waals surface area contributed by atoms with Gasteiger partial charge >= 0.3 is 0 Å². The van der Waals surface area contributed by atoms with Crippen LogP contribution in [0.2, 0.25) is 0 Å². The summed E-state index contributed by atoms with van der Waals surface area (Å²) < 4.78 is 18.3. The van der Waals surface area contributed by atoms with Gasteiger partial charge in [0.1, 0.15) is 5.82 Å². The Hall–Kier alpha value is -0.930. The molecule has 1 heterocycles. The SMILES string of the molecule is COCC1CC(c2cccc(F)c2)CCN1. The maximum atomic E-state index is 13.1. The molecule has 1 aromatic rings. The lowest BCUT2D eigenvalue weighted by Gasteiger charge is -2.30. The number of ether oxygens (including phenoxy) is 1. The van der Waals surface area contributed by atoms with Crippen LogP contribution in [-0.2, 0) is 4.74 Å². The molecule has 1 fully saturated rings. The van der Waals surface area contributed by atoms with Crippen molar-refractivity contribution in [2.45, 2.75) is 24.8 Å². The molecule has 0 radical (unpaired) electrons. The molecule has 2 rings (SSSR count). The summed E-state index contributed by atoms with van der Waals surface area (Å²) in [7, 11) is 1.72. The van der Waals surface area contributed by atoms with Gasteiger partial charge in [0, 0.05) is 13.2 Å². The van der Waals surface area contributed by atoms with Gasteiger partial charge in [-0.3, -0.25) is 0 Å². The zero-order valence-electron chi connectivity index (χ0n) is 9.58. The van der Waals surface area contributed by atoms with Gasteiger partial charge in [0.15, 0.2) is 0 Å². The van der Waals surface area contributed by atoms with Gasteiger partial charge in [0.05, 0.1) is 6.61 Å². The van der Waals surface area contributed by atoms with Crippen molar-refractivity contribution in [3.05, 3.63) is 35.6 Å². The predicted molar refractivity (Wildman–Crippen MR) is 62.0 cm³/mol. The Morgan fingerprint density at radius 1 is 1.50 bits per heavy atom. The Morgan fingerprint density at radius 2 is 2.38 bits per heavy atom. The van der Waals surface area contributed by atoms with E-state index in [1.807, 2.05) is 6.07 Å². The second-order valence-corrected chi connectivity index (χ2v) is 4.38. The summed E-state index contributed by atoms with van der Waals surface area (Å²) in [5.74, 6) is 0.316. The summed E-state index contributed by atoms with van der Waals surface area (Å²) >= 11 is 0. The summed E-state index contributed by atoms with van der Waals surface area (Å²) in [4.78, 5) is 0. The van der Waals surface area contributed by atoms with Crippen LogP contribution >= 0.6 is 0 Å². The van der Waals surface area contributed by atoms with Crippen molar-refractivity contribution in [2.75, 3.05) is 20.3 Å². The molecular weight excluding hydrogens is 205 g/mol. The maximum Gasteiger partial charge on any atom is 0.123 e. The van der Waals surface area contributed by atoms with Crippen molar-refractivity contribution in [2.24, 2.45) is 0 Å². The Balaban J connectivity index is 2.03. The Kier molecular flexibility index (Phi) is 3.91. The third-order valence-corrected chi connectivity index (χ3v) is 3.18. The smallest absolute Gasteiger partial charge is 0.123 e. The summed E-state index contributed by atoms with van der Waals surface area (Å²) in [6.45, 7) is 1.71. The van der Waals surface area contributed by atoms with E-state index in [1.165, 1.54) is 6.07 Å². The van der Waals surface area contributed by atoms with E-state index >= 15 is 0 Å². The highest BCUT2D eigenvalue weighted by Crippen LogP contribution is 2.28. The largest absolute Gasteiger partial charge is 0.383 e. The summed E-state index contributed by atoms with van der Waals surface area (Å²) in [6.07, 6.45) is 2.10. The molecule has 2 atom stereocenters. The van der Waals surface area contributed by atoms with Gasteiger partial charge in [-0.15, -0.1) is 0 Å². The highest BCUT2D eigenvalue weighted by Gasteiger charge is 2.22. The molecule has 0 spiro atoms. The van der Waals surface area contributed by atoms with Gasteiger partial charge in [-0.2, -0.15) is 0 Å². The van der Waals surface area contributed by atoms with E-state index < -0.39 is 0 Å². The van der Waals surface area contributed by atoms with Crippen LogP contribution in [0, 0.1) is 5.82 Å². The van der Waals surface area contributed by atoms with Gasteiger partial charge in [0.25, 0.3) is 0 Å². The van der Waals surface area contributed by atoms with Crippen molar-refractivity contribution in [1.29, 1.82) is 0 Å². The standard InChI is InChI=1S/C13H18FNO/c1-16-9-13-8-11(5-6-15-13)10-3-2-4-12(14)7-10/h2-4,7,11,13,15H,5-6,8-9H2,1H3. The lowest BCUT2D eigenvalue weighted by molar-refractivity contribution is 0.149. The Morgan fingerprint density at radius 3 is 3.12 bits per heavy atom. The Bertz CT molecular complexity index is 340. The van der Waals surface area contributed by atoms with Gasteiger partial charge in [-0.25, -0.2) is 4.39 Å². The fourth-order valence-electron chi connectivity index (χ4n) is 2.40. The molecule has 2 nitrogen and oxygen atoms in total. The first-order valence-corrected chi connectivity index (χ1v) is 5.77. The lowest BCUT2D eigenvalue weighted by atomic mass is 9.86. The zero-order valence-corrected chi connectivity index (χ0v) is 9.58. The number of piperidine rings is 1. The molecule has 0 aliphatic carbocycles. The number of methoxy groups -OCH3 is 1. The highest BCUT2D eigenvalue weighted by molar-refractivity contribution is 5.21. The molecule has 1 N–H and O–H groups in total. The van der Waals surface area contributed by atoms with Crippen LogP contribution < -0.4 is 5.32 Å². The fraction of sp³-hybridized carbons (Fsp3) is 0.538. The number of hydrogen-bond donors (Lipinski definition) is 1. The molecule has 0 saturated carbocycles. The predicted octanol–water partition coefficient (Wildman–Crippen LogP) is 2.31. The van der Waals surface area contributed by atoms with E-state index in [0.29, 0.717) is 12.0 Å². The van der Waals surface area contributed by atoms with Crippen molar-refractivity contribution in [3.8, 4) is 0 Å². The normalized spacial score (nSPS) is 25.6. The zero-order chi connectivity index (χ0) is 11.4. The second kappa shape index (κ2) is 5.41. The number of nitrogens with one attached hydrogen (secondary N) is 1. The van der Waals surface area contributed by atoms with Crippen molar-refractivity contribution >= 4 is 0 Å². The third-order valence-electron chi connectivity index (χ3n) is 3.18. The third kappa shape index (κ3) is 2.80. The minimum absolute atomic E-state index is 0.140. The van der Waals surface area contributed by atoms with Gasteiger partial charge in [-0.1, -0.05) is 12.1 Å². The lowest BCUT2D eigenvalue weighted by Crippen LogP contribution is -2.40. The van der Waals surface area contributed by atoms with Crippen LogP contribution in [0.3, 0.4) is 0 Å². The number of benzene rings is 1. The average Bonchev–Trinajstić information content (AvgIpc) is 2.30. The number of rotatable bonds is 3. The molecule has 88 valence electrons. The van der Waals surface area contributed by atoms with Crippen LogP contribution in [0.1, 0.15) is 24.3 Å². The van der Waals surface area contributed by atoms with Crippen molar-refractivity contribution in [1.82, 2.24) is 5.32 Å². The van der Waals surface area contributed by atoms with Crippen LogP contribution in [0.5, 0.6) is 0 Å². The van der Waals surface area contributed by atoms with Gasteiger partial charge in [0.2, 0.25) is 0 Å². The molecule has 0 bridgehead atoms.